The zero-order chi connectivity index (χ0) is 15.7. The molecule has 2 amide bonds. The molecule has 0 aromatic carbocycles. The average Bonchev–Trinajstić information content (AvgIpc) is 3.16. The van der Waals surface area contributed by atoms with E-state index in [2.05, 4.69) is 10.4 Å². The van der Waals surface area contributed by atoms with Crippen molar-refractivity contribution in [1.82, 2.24) is 14.7 Å². The summed E-state index contributed by atoms with van der Waals surface area (Å²) < 4.78 is 7.07. The van der Waals surface area contributed by atoms with Crippen molar-refractivity contribution in [3.63, 3.8) is 0 Å². The van der Waals surface area contributed by atoms with Gasteiger partial charge in [-0.3, -0.25) is 14.3 Å². The number of nitrogens with one attached hydrogen (secondary N) is 1. The summed E-state index contributed by atoms with van der Waals surface area (Å²) in [6.07, 6.45) is 4.18. The molecule has 2 aromatic rings. The zero-order valence-electron chi connectivity index (χ0n) is 12.6. The van der Waals surface area contributed by atoms with E-state index < -0.39 is 0 Å². The van der Waals surface area contributed by atoms with E-state index in [0.717, 1.165) is 12.0 Å². The number of nitrogens with zero attached hydrogens (tertiary/aromatic N) is 3. The molecule has 0 radical (unpaired) electrons. The van der Waals surface area contributed by atoms with Gasteiger partial charge >= 0.3 is 0 Å². The summed E-state index contributed by atoms with van der Waals surface area (Å²) in [7, 11) is 0. The van der Waals surface area contributed by atoms with Gasteiger partial charge in [0, 0.05) is 37.8 Å². The number of aromatic nitrogens is 2. The maximum atomic E-state index is 12.4. The first kappa shape index (κ1) is 14.4. The van der Waals surface area contributed by atoms with Crippen molar-refractivity contribution >= 4 is 17.6 Å². The molecule has 116 valence electrons. The van der Waals surface area contributed by atoms with Gasteiger partial charge in [-0.25, -0.2) is 0 Å². The number of aryl methyl sites for hydroxylation is 1. The van der Waals surface area contributed by atoms with Crippen LogP contribution in [0, 0.1) is 6.92 Å². The maximum absolute atomic E-state index is 12.4. The van der Waals surface area contributed by atoms with Crippen LogP contribution >= 0.6 is 0 Å². The number of anilines is 1. The summed E-state index contributed by atoms with van der Waals surface area (Å²) in [6, 6.07) is 3.65. The maximum Gasteiger partial charge on any atom is 0.289 e. The van der Waals surface area contributed by atoms with Crippen LogP contribution < -0.4 is 5.32 Å². The lowest BCUT2D eigenvalue weighted by atomic mass is 10.2. The topological polar surface area (TPSA) is 80.4 Å². The second-order valence-corrected chi connectivity index (χ2v) is 5.49. The monoisotopic (exact) mass is 302 g/mol. The fourth-order valence-corrected chi connectivity index (χ4v) is 2.67. The smallest absolute Gasteiger partial charge is 0.289 e. The number of carbonyl (C=O) groups is 2. The predicted octanol–water partition coefficient (Wildman–Crippen LogP) is 1.83. The molecule has 7 nitrogen and oxygen atoms in total. The van der Waals surface area contributed by atoms with Crippen LogP contribution in [0.3, 0.4) is 0 Å². The average molecular weight is 302 g/mol. The summed E-state index contributed by atoms with van der Waals surface area (Å²) >= 11 is 0. The van der Waals surface area contributed by atoms with Gasteiger partial charge in [-0.1, -0.05) is 0 Å². The van der Waals surface area contributed by atoms with Gasteiger partial charge in [-0.15, -0.1) is 0 Å². The number of hydrogen-bond donors (Lipinski definition) is 1. The lowest BCUT2D eigenvalue weighted by Crippen LogP contribution is -2.29. The molecule has 22 heavy (non-hydrogen) atoms. The van der Waals surface area contributed by atoms with Crippen molar-refractivity contribution in [2.75, 3.05) is 18.4 Å². The molecule has 7 heteroatoms. The number of amides is 2. The van der Waals surface area contributed by atoms with Crippen LogP contribution in [0.15, 0.2) is 29.0 Å². The molecule has 1 unspecified atom stereocenters. The Morgan fingerprint density at radius 2 is 2.23 bits per heavy atom. The molecular formula is C15H18N4O3. The van der Waals surface area contributed by atoms with Crippen LogP contribution in [0.5, 0.6) is 0 Å². The van der Waals surface area contributed by atoms with Crippen molar-refractivity contribution in [3.05, 3.63) is 35.9 Å². The van der Waals surface area contributed by atoms with Crippen molar-refractivity contribution in [2.24, 2.45) is 0 Å². The Hall–Kier alpha value is -2.57. The van der Waals surface area contributed by atoms with E-state index in [9.17, 15) is 9.59 Å². The highest BCUT2D eigenvalue weighted by Crippen LogP contribution is 2.24. The fourth-order valence-electron chi connectivity index (χ4n) is 2.67. The highest BCUT2D eigenvalue weighted by atomic mass is 16.3. The molecule has 1 saturated heterocycles. The molecule has 1 aliphatic heterocycles. The molecule has 0 spiro atoms. The van der Waals surface area contributed by atoms with Crippen molar-refractivity contribution in [1.29, 1.82) is 0 Å². The van der Waals surface area contributed by atoms with E-state index in [1.165, 1.54) is 13.2 Å². The molecule has 1 N–H and O–H groups in total. The standard InChI is InChI=1S/C15H18N4O3/c1-10-5-8-22-14(10)15(21)18-6-3-12(9-18)19-7-4-13(17-19)16-11(2)20/h4-5,7-8,12H,3,6,9H2,1-2H3,(H,16,17,20). The van der Waals surface area contributed by atoms with Crippen LogP contribution in [0.2, 0.25) is 0 Å². The van der Waals surface area contributed by atoms with E-state index in [1.807, 2.05) is 13.1 Å². The summed E-state index contributed by atoms with van der Waals surface area (Å²) in [5.74, 6) is 0.695. The van der Waals surface area contributed by atoms with Crippen LogP contribution in [0.4, 0.5) is 5.82 Å². The van der Waals surface area contributed by atoms with E-state index in [4.69, 9.17) is 4.42 Å². The lowest BCUT2D eigenvalue weighted by Gasteiger charge is -2.15. The first-order valence-corrected chi connectivity index (χ1v) is 7.20. The molecular weight excluding hydrogens is 284 g/mol. The van der Waals surface area contributed by atoms with Crippen LogP contribution in [-0.2, 0) is 4.79 Å². The Balaban J connectivity index is 1.67. The number of carbonyl (C=O) groups excluding carboxylic acids is 2. The number of rotatable bonds is 3. The van der Waals surface area contributed by atoms with Gasteiger partial charge < -0.3 is 14.6 Å². The van der Waals surface area contributed by atoms with Gasteiger partial charge in [0.25, 0.3) is 5.91 Å². The Morgan fingerprint density at radius 1 is 1.41 bits per heavy atom. The first-order valence-electron chi connectivity index (χ1n) is 7.20. The van der Waals surface area contributed by atoms with E-state index in [0.29, 0.717) is 24.7 Å². The van der Waals surface area contributed by atoms with E-state index in [1.54, 1.807) is 21.7 Å². The van der Waals surface area contributed by atoms with Gasteiger partial charge in [-0.2, -0.15) is 5.10 Å². The number of furan rings is 1. The minimum absolute atomic E-state index is 0.0840. The molecule has 3 heterocycles. The second kappa shape index (κ2) is 5.67. The molecule has 2 aromatic heterocycles. The Bertz CT molecular complexity index is 703. The SMILES string of the molecule is CC(=O)Nc1ccn(C2CCN(C(=O)c3occc3C)C2)n1. The summed E-state index contributed by atoms with van der Waals surface area (Å²) in [4.78, 5) is 25.2. The fraction of sp³-hybridized carbons (Fsp3) is 0.400. The van der Waals surface area contributed by atoms with Crippen molar-refractivity contribution in [2.45, 2.75) is 26.3 Å². The molecule has 3 rings (SSSR count). The quantitative estimate of drug-likeness (QED) is 0.938. The lowest BCUT2D eigenvalue weighted by molar-refractivity contribution is -0.114. The van der Waals surface area contributed by atoms with Gasteiger partial charge in [0.05, 0.1) is 12.3 Å². The number of hydrogen-bond acceptors (Lipinski definition) is 4. The Morgan fingerprint density at radius 3 is 2.91 bits per heavy atom. The van der Waals surface area contributed by atoms with E-state index >= 15 is 0 Å². The van der Waals surface area contributed by atoms with Gasteiger partial charge in [0.15, 0.2) is 11.6 Å². The van der Waals surface area contributed by atoms with Gasteiger partial charge in [0.2, 0.25) is 5.91 Å². The number of likely N-dealkylation sites (tertiary alicyclic amines) is 1. The molecule has 0 aliphatic carbocycles. The summed E-state index contributed by atoms with van der Waals surface area (Å²) in [6.45, 7) is 4.55. The highest BCUT2D eigenvalue weighted by Gasteiger charge is 2.30. The second-order valence-electron chi connectivity index (χ2n) is 5.49. The van der Waals surface area contributed by atoms with Crippen LogP contribution in [0.25, 0.3) is 0 Å². The summed E-state index contributed by atoms with van der Waals surface area (Å²) in [5, 5.41) is 6.98. The highest BCUT2D eigenvalue weighted by molar-refractivity contribution is 5.93. The third-order valence-electron chi connectivity index (χ3n) is 3.79. The minimum Gasteiger partial charge on any atom is -0.459 e. The Kier molecular flexibility index (Phi) is 3.70. The minimum atomic E-state index is -0.151. The van der Waals surface area contributed by atoms with Crippen LogP contribution in [-0.4, -0.2) is 39.6 Å². The van der Waals surface area contributed by atoms with Crippen LogP contribution in [0.1, 0.15) is 35.5 Å². The molecule has 0 saturated carbocycles. The predicted molar refractivity (Wildman–Crippen MR) is 79.5 cm³/mol. The van der Waals surface area contributed by atoms with Crippen molar-refractivity contribution in [3.8, 4) is 0 Å². The summed E-state index contributed by atoms with van der Waals surface area (Å²) in [5.41, 5.74) is 0.848. The normalized spacial score (nSPS) is 17.7. The molecule has 1 fully saturated rings. The zero-order valence-corrected chi connectivity index (χ0v) is 12.6. The van der Waals surface area contributed by atoms with Gasteiger partial charge in [-0.05, 0) is 19.4 Å². The molecule has 0 bridgehead atoms. The first-order chi connectivity index (χ1) is 10.5. The van der Waals surface area contributed by atoms with E-state index in [-0.39, 0.29) is 17.9 Å². The largest absolute Gasteiger partial charge is 0.459 e. The molecule has 1 aliphatic rings. The third-order valence-corrected chi connectivity index (χ3v) is 3.79. The Labute approximate surface area is 127 Å². The molecule has 1 atom stereocenters. The van der Waals surface area contributed by atoms with Gasteiger partial charge in [0.1, 0.15) is 0 Å². The van der Waals surface area contributed by atoms with Crippen molar-refractivity contribution < 1.29 is 14.0 Å². The third kappa shape index (κ3) is 2.74.